The second kappa shape index (κ2) is 10.4. The molecule has 4 aromatic rings. The minimum absolute atomic E-state index is 0.0863. The molecule has 11 nitrogen and oxygen atoms in total. The molecule has 0 radical (unpaired) electrons. The third-order valence-corrected chi connectivity index (χ3v) is 5.74. The van der Waals surface area contributed by atoms with Gasteiger partial charge in [0.2, 0.25) is 18.6 Å². The fraction of sp³-hybridized carbons (Fsp3) is 0.240. The summed E-state index contributed by atoms with van der Waals surface area (Å²) >= 11 is 0. The first-order valence-electron chi connectivity index (χ1n) is 11.3. The molecule has 1 aliphatic heterocycles. The number of hydrogen-bond donors (Lipinski definition) is 1. The second-order valence-electron chi connectivity index (χ2n) is 8.00. The van der Waals surface area contributed by atoms with E-state index in [2.05, 4.69) is 20.6 Å². The van der Waals surface area contributed by atoms with Gasteiger partial charge < -0.3 is 19.5 Å². The molecule has 1 atom stereocenters. The monoisotopic (exact) mass is 488 g/mol. The Morgan fingerprint density at radius 1 is 1.11 bits per heavy atom. The van der Waals surface area contributed by atoms with Crippen molar-refractivity contribution in [2.24, 2.45) is 0 Å². The highest BCUT2D eigenvalue weighted by molar-refractivity contribution is 6.01. The zero-order valence-electron chi connectivity index (χ0n) is 19.5. The molecule has 0 spiro atoms. The van der Waals surface area contributed by atoms with Crippen LogP contribution >= 0.6 is 0 Å². The summed E-state index contributed by atoms with van der Waals surface area (Å²) in [6.07, 6.45) is 3.16. The molecule has 0 fully saturated rings. The number of benzene rings is 2. The lowest BCUT2D eigenvalue weighted by Gasteiger charge is -2.31. The van der Waals surface area contributed by atoms with Gasteiger partial charge in [-0.05, 0) is 42.0 Å². The minimum Gasteiger partial charge on any atom is -0.454 e. The number of ether oxygens (including phenoxy) is 3. The normalized spacial score (nSPS) is 12.9. The molecule has 2 aromatic heterocycles. The first-order chi connectivity index (χ1) is 17.7. The number of anilines is 1. The number of nitrogens with zero attached hydrogens (tertiary/aromatic N) is 5. The Morgan fingerprint density at radius 2 is 1.92 bits per heavy atom. The van der Waals surface area contributed by atoms with E-state index >= 15 is 0 Å². The number of methoxy groups -OCH3 is 1. The van der Waals surface area contributed by atoms with Gasteiger partial charge in [-0.2, -0.15) is 0 Å². The van der Waals surface area contributed by atoms with Crippen molar-refractivity contribution < 1.29 is 23.8 Å². The van der Waals surface area contributed by atoms with E-state index in [4.69, 9.17) is 14.2 Å². The maximum absolute atomic E-state index is 13.9. The summed E-state index contributed by atoms with van der Waals surface area (Å²) in [4.78, 5) is 33.0. The molecule has 0 bridgehead atoms. The van der Waals surface area contributed by atoms with E-state index in [1.54, 1.807) is 49.8 Å². The topological polar surface area (TPSA) is 121 Å². The van der Waals surface area contributed by atoms with Crippen LogP contribution in [-0.4, -0.2) is 58.8 Å². The van der Waals surface area contributed by atoms with Crippen LogP contribution in [0.2, 0.25) is 0 Å². The number of carbonyl (C=O) groups is 2. The standard InChI is InChI=1S/C25H24N6O5/c1-34-13-12-27-25(33)24(17-8-10-26-11-9-17)31(18-6-7-21-22(14-18)36-16-35-21)23(32)15-30-20-5-3-2-4-19(20)28-29-30/h2-11,14,24H,12-13,15-16H2,1H3,(H,27,33)/t24-/m0/s1. The number of rotatable bonds is 9. The second-order valence-corrected chi connectivity index (χ2v) is 8.00. The van der Waals surface area contributed by atoms with E-state index in [9.17, 15) is 9.59 Å². The number of hydrogen-bond acceptors (Lipinski definition) is 8. The van der Waals surface area contributed by atoms with E-state index < -0.39 is 6.04 Å². The molecule has 1 N–H and O–H groups in total. The Kier molecular flexibility index (Phi) is 6.72. The lowest BCUT2D eigenvalue weighted by molar-refractivity contribution is -0.127. The Hall–Kier alpha value is -4.51. The van der Waals surface area contributed by atoms with Crippen molar-refractivity contribution in [3.63, 3.8) is 0 Å². The lowest BCUT2D eigenvalue weighted by atomic mass is 10.0. The van der Waals surface area contributed by atoms with Crippen LogP contribution in [0.4, 0.5) is 5.69 Å². The highest BCUT2D eigenvalue weighted by atomic mass is 16.7. The molecule has 2 aromatic carbocycles. The Labute approximate surface area is 206 Å². The van der Waals surface area contributed by atoms with Crippen LogP contribution in [-0.2, 0) is 20.9 Å². The van der Waals surface area contributed by atoms with E-state index in [1.807, 2.05) is 24.3 Å². The van der Waals surface area contributed by atoms with Gasteiger partial charge in [0, 0.05) is 37.8 Å². The molecule has 0 unspecified atom stereocenters. The fourth-order valence-electron chi connectivity index (χ4n) is 4.05. The number of carbonyl (C=O) groups excluding carboxylic acids is 2. The van der Waals surface area contributed by atoms with Crippen LogP contribution in [0.15, 0.2) is 67.0 Å². The lowest BCUT2D eigenvalue weighted by Crippen LogP contribution is -2.46. The van der Waals surface area contributed by atoms with Crippen molar-refractivity contribution in [3.05, 3.63) is 72.6 Å². The van der Waals surface area contributed by atoms with Crippen molar-refractivity contribution in [1.29, 1.82) is 0 Å². The third-order valence-electron chi connectivity index (χ3n) is 5.74. The number of fused-ring (bicyclic) bond motifs is 2. The highest BCUT2D eigenvalue weighted by Gasteiger charge is 2.34. The molecular weight excluding hydrogens is 464 g/mol. The van der Waals surface area contributed by atoms with E-state index in [1.165, 1.54) is 9.58 Å². The minimum atomic E-state index is -0.993. The summed E-state index contributed by atoms with van der Waals surface area (Å²) in [5.41, 5.74) is 2.44. The third kappa shape index (κ3) is 4.68. The maximum atomic E-state index is 13.9. The number of amides is 2. The molecule has 0 saturated carbocycles. The van der Waals surface area contributed by atoms with Gasteiger partial charge in [-0.1, -0.05) is 17.3 Å². The quantitative estimate of drug-likeness (QED) is 0.356. The van der Waals surface area contributed by atoms with Gasteiger partial charge in [0.1, 0.15) is 18.1 Å². The van der Waals surface area contributed by atoms with E-state index in [0.29, 0.717) is 40.4 Å². The van der Waals surface area contributed by atoms with Gasteiger partial charge in [0.05, 0.1) is 12.1 Å². The van der Waals surface area contributed by atoms with Crippen LogP contribution in [0.1, 0.15) is 11.6 Å². The Morgan fingerprint density at radius 3 is 2.75 bits per heavy atom. The van der Waals surface area contributed by atoms with Crippen molar-refractivity contribution in [2.75, 3.05) is 32.0 Å². The number of aromatic nitrogens is 4. The zero-order chi connectivity index (χ0) is 24.9. The van der Waals surface area contributed by atoms with Gasteiger partial charge in [-0.25, -0.2) is 4.68 Å². The SMILES string of the molecule is COCCNC(=O)[C@H](c1ccncc1)N(C(=O)Cn1nnc2ccccc21)c1ccc2c(c1)OCO2. The molecule has 1 aliphatic rings. The molecule has 184 valence electrons. The Balaban J connectivity index is 1.57. The van der Waals surface area contributed by atoms with Crippen LogP contribution in [0, 0.1) is 0 Å². The van der Waals surface area contributed by atoms with Gasteiger partial charge in [-0.3, -0.25) is 19.5 Å². The summed E-state index contributed by atoms with van der Waals surface area (Å²) in [5.74, 6) is 0.323. The largest absolute Gasteiger partial charge is 0.454 e. The molecule has 11 heteroatoms. The number of nitrogens with one attached hydrogen (secondary N) is 1. The van der Waals surface area contributed by atoms with Gasteiger partial charge in [-0.15, -0.1) is 5.10 Å². The summed E-state index contributed by atoms with van der Waals surface area (Å²) in [5, 5.41) is 11.2. The summed E-state index contributed by atoms with van der Waals surface area (Å²) < 4.78 is 17.6. The Bertz CT molecular complexity index is 1380. The van der Waals surface area contributed by atoms with E-state index in [0.717, 1.165) is 0 Å². The predicted molar refractivity (Wildman–Crippen MR) is 129 cm³/mol. The van der Waals surface area contributed by atoms with Gasteiger partial charge >= 0.3 is 0 Å². The first-order valence-corrected chi connectivity index (χ1v) is 11.3. The fourth-order valence-corrected chi connectivity index (χ4v) is 4.05. The van der Waals surface area contributed by atoms with Gasteiger partial charge in [0.25, 0.3) is 0 Å². The van der Waals surface area contributed by atoms with Crippen LogP contribution in [0.5, 0.6) is 11.5 Å². The predicted octanol–water partition coefficient (Wildman–Crippen LogP) is 2.09. The maximum Gasteiger partial charge on any atom is 0.249 e. The van der Waals surface area contributed by atoms with Crippen LogP contribution < -0.4 is 19.7 Å². The number of pyridine rings is 1. The summed E-state index contributed by atoms with van der Waals surface area (Å²) in [6.45, 7) is 0.566. The van der Waals surface area contributed by atoms with Crippen LogP contribution in [0.25, 0.3) is 11.0 Å². The number of para-hydroxylation sites is 1. The molecule has 36 heavy (non-hydrogen) atoms. The van der Waals surface area contributed by atoms with Gasteiger partial charge in [0.15, 0.2) is 11.5 Å². The molecule has 2 amide bonds. The van der Waals surface area contributed by atoms with Crippen molar-refractivity contribution in [3.8, 4) is 11.5 Å². The first kappa shape index (κ1) is 23.2. The smallest absolute Gasteiger partial charge is 0.249 e. The zero-order valence-corrected chi connectivity index (χ0v) is 19.5. The van der Waals surface area contributed by atoms with Crippen molar-refractivity contribution >= 4 is 28.5 Å². The summed E-state index contributed by atoms with van der Waals surface area (Å²) in [6, 6.07) is 14.9. The van der Waals surface area contributed by atoms with E-state index in [-0.39, 0.29) is 31.7 Å². The molecule has 0 saturated heterocycles. The molecule has 0 aliphatic carbocycles. The molecule has 5 rings (SSSR count). The molecule has 3 heterocycles. The molecular formula is C25H24N6O5. The van der Waals surface area contributed by atoms with Crippen molar-refractivity contribution in [2.45, 2.75) is 12.6 Å². The summed E-state index contributed by atoms with van der Waals surface area (Å²) in [7, 11) is 1.55. The van der Waals surface area contributed by atoms with Crippen molar-refractivity contribution in [1.82, 2.24) is 25.3 Å². The average molecular weight is 489 g/mol. The highest BCUT2D eigenvalue weighted by Crippen LogP contribution is 2.38. The van der Waals surface area contributed by atoms with Crippen LogP contribution in [0.3, 0.4) is 0 Å². The average Bonchev–Trinajstić information content (AvgIpc) is 3.54.